The SMILES string of the molecule is CC(=O)Nc1ccc(OCC(O)Cn2nnc(-c3ccc(Cl)cc3)n2)cc1. The third-order valence-corrected chi connectivity index (χ3v) is 3.80. The van der Waals surface area contributed by atoms with Gasteiger partial charge in [-0.05, 0) is 53.7 Å². The summed E-state index contributed by atoms with van der Waals surface area (Å²) in [6.07, 6.45) is -0.813. The number of anilines is 1. The molecule has 1 aromatic heterocycles. The lowest BCUT2D eigenvalue weighted by Crippen LogP contribution is -2.25. The topological polar surface area (TPSA) is 102 Å². The Morgan fingerprint density at radius 3 is 2.59 bits per heavy atom. The zero-order chi connectivity index (χ0) is 19.2. The van der Waals surface area contributed by atoms with Crippen LogP contribution >= 0.6 is 11.6 Å². The van der Waals surface area contributed by atoms with Crippen molar-refractivity contribution < 1.29 is 14.6 Å². The van der Waals surface area contributed by atoms with Crippen molar-refractivity contribution in [2.24, 2.45) is 0 Å². The van der Waals surface area contributed by atoms with Gasteiger partial charge in [-0.15, -0.1) is 10.2 Å². The number of halogens is 1. The van der Waals surface area contributed by atoms with Crippen LogP contribution in [0.25, 0.3) is 11.4 Å². The highest BCUT2D eigenvalue weighted by Gasteiger charge is 2.11. The molecule has 1 amide bonds. The minimum atomic E-state index is -0.813. The number of aromatic nitrogens is 4. The molecule has 2 N–H and O–H groups in total. The number of carbonyl (C=O) groups is 1. The van der Waals surface area contributed by atoms with E-state index in [0.29, 0.717) is 22.3 Å². The fraction of sp³-hybridized carbons (Fsp3) is 0.222. The van der Waals surface area contributed by atoms with Gasteiger partial charge in [0.25, 0.3) is 0 Å². The van der Waals surface area contributed by atoms with Crippen LogP contribution in [-0.4, -0.2) is 43.9 Å². The first-order chi connectivity index (χ1) is 13.0. The molecule has 3 aromatic rings. The third-order valence-electron chi connectivity index (χ3n) is 3.55. The number of nitrogens with zero attached hydrogens (tertiary/aromatic N) is 4. The van der Waals surface area contributed by atoms with E-state index in [9.17, 15) is 9.90 Å². The van der Waals surface area contributed by atoms with E-state index >= 15 is 0 Å². The monoisotopic (exact) mass is 387 g/mol. The fourth-order valence-corrected chi connectivity index (χ4v) is 2.43. The maximum absolute atomic E-state index is 11.0. The average molecular weight is 388 g/mol. The van der Waals surface area contributed by atoms with E-state index in [1.165, 1.54) is 11.7 Å². The molecule has 140 valence electrons. The number of benzene rings is 2. The van der Waals surface area contributed by atoms with Crippen LogP contribution in [0.5, 0.6) is 5.75 Å². The van der Waals surface area contributed by atoms with Crippen LogP contribution < -0.4 is 10.1 Å². The predicted molar refractivity (Wildman–Crippen MR) is 101 cm³/mol. The van der Waals surface area contributed by atoms with Gasteiger partial charge in [0, 0.05) is 23.2 Å². The van der Waals surface area contributed by atoms with Crippen molar-refractivity contribution in [3.05, 3.63) is 53.6 Å². The Bertz CT molecular complexity index is 896. The maximum Gasteiger partial charge on any atom is 0.221 e. The third kappa shape index (κ3) is 5.50. The Morgan fingerprint density at radius 1 is 1.22 bits per heavy atom. The summed E-state index contributed by atoms with van der Waals surface area (Å²) in [6, 6.07) is 14.0. The summed E-state index contributed by atoms with van der Waals surface area (Å²) in [5.41, 5.74) is 1.47. The largest absolute Gasteiger partial charge is 0.491 e. The van der Waals surface area contributed by atoms with Gasteiger partial charge in [-0.3, -0.25) is 4.79 Å². The highest BCUT2D eigenvalue weighted by atomic mass is 35.5. The fourth-order valence-electron chi connectivity index (χ4n) is 2.31. The highest BCUT2D eigenvalue weighted by Crippen LogP contribution is 2.17. The molecule has 0 fully saturated rings. The molecule has 9 heteroatoms. The summed E-state index contributed by atoms with van der Waals surface area (Å²) in [6.45, 7) is 1.65. The first-order valence-electron chi connectivity index (χ1n) is 8.22. The number of hydrogen-bond acceptors (Lipinski definition) is 6. The van der Waals surface area contributed by atoms with Gasteiger partial charge in [0.2, 0.25) is 11.7 Å². The van der Waals surface area contributed by atoms with Gasteiger partial charge in [0.15, 0.2) is 0 Å². The van der Waals surface area contributed by atoms with Crippen molar-refractivity contribution in [3.8, 4) is 17.1 Å². The second-order valence-corrected chi connectivity index (χ2v) is 6.28. The first kappa shape index (κ1) is 18.8. The minimum Gasteiger partial charge on any atom is -0.491 e. The van der Waals surface area contributed by atoms with E-state index in [1.54, 1.807) is 48.5 Å². The van der Waals surface area contributed by atoms with Crippen LogP contribution in [0, 0.1) is 0 Å². The average Bonchev–Trinajstić information content (AvgIpc) is 3.09. The lowest BCUT2D eigenvalue weighted by Gasteiger charge is -2.12. The Hall–Kier alpha value is -2.97. The van der Waals surface area contributed by atoms with E-state index in [1.807, 2.05) is 0 Å². The quantitative estimate of drug-likeness (QED) is 0.645. The number of aliphatic hydroxyl groups is 1. The molecule has 0 aliphatic carbocycles. The van der Waals surface area contributed by atoms with Crippen molar-refractivity contribution in [1.29, 1.82) is 0 Å². The van der Waals surface area contributed by atoms with Crippen molar-refractivity contribution in [1.82, 2.24) is 20.2 Å². The molecule has 0 bridgehead atoms. The molecular formula is C18H18ClN5O3. The zero-order valence-corrected chi connectivity index (χ0v) is 15.3. The Labute approximate surface area is 160 Å². The summed E-state index contributed by atoms with van der Waals surface area (Å²) >= 11 is 5.86. The van der Waals surface area contributed by atoms with Gasteiger partial charge in [-0.1, -0.05) is 11.6 Å². The number of ether oxygens (including phenoxy) is 1. The van der Waals surface area contributed by atoms with E-state index < -0.39 is 6.10 Å². The van der Waals surface area contributed by atoms with Crippen LogP contribution in [-0.2, 0) is 11.3 Å². The van der Waals surface area contributed by atoms with E-state index in [0.717, 1.165) is 5.56 Å². The molecule has 0 spiro atoms. The summed E-state index contributed by atoms with van der Waals surface area (Å²) in [5.74, 6) is 0.891. The van der Waals surface area contributed by atoms with Gasteiger partial charge >= 0.3 is 0 Å². The normalized spacial score (nSPS) is 11.8. The molecular weight excluding hydrogens is 370 g/mol. The van der Waals surface area contributed by atoms with Crippen molar-refractivity contribution >= 4 is 23.2 Å². The standard InChI is InChI=1S/C18H18ClN5O3/c1-12(25)20-15-6-8-17(9-7-15)27-11-16(26)10-24-22-18(21-23-24)13-2-4-14(19)5-3-13/h2-9,16,26H,10-11H2,1H3,(H,20,25). The van der Waals surface area contributed by atoms with Crippen molar-refractivity contribution in [2.45, 2.75) is 19.6 Å². The molecule has 0 radical (unpaired) electrons. The van der Waals surface area contributed by atoms with Gasteiger partial charge in [0.05, 0.1) is 6.54 Å². The minimum absolute atomic E-state index is 0.0668. The molecule has 27 heavy (non-hydrogen) atoms. The molecule has 0 aliphatic heterocycles. The number of tetrazole rings is 1. The van der Waals surface area contributed by atoms with Gasteiger partial charge in [0.1, 0.15) is 18.5 Å². The number of rotatable bonds is 7. The Kier molecular flexibility index (Phi) is 6.00. The van der Waals surface area contributed by atoms with Gasteiger partial charge < -0.3 is 15.2 Å². The Morgan fingerprint density at radius 2 is 1.93 bits per heavy atom. The molecule has 1 atom stereocenters. The van der Waals surface area contributed by atoms with Gasteiger partial charge in [-0.2, -0.15) is 4.80 Å². The van der Waals surface area contributed by atoms with Crippen molar-refractivity contribution in [3.63, 3.8) is 0 Å². The number of carbonyl (C=O) groups excluding carboxylic acids is 1. The molecule has 8 nitrogen and oxygen atoms in total. The molecule has 2 aromatic carbocycles. The molecule has 0 saturated carbocycles. The van der Waals surface area contributed by atoms with E-state index in [-0.39, 0.29) is 19.1 Å². The highest BCUT2D eigenvalue weighted by molar-refractivity contribution is 6.30. The lowest BCUT2D eigenvalue weighted by molar-refractivity contribution is -0.114. The summed E-state index contributed by atoms with van der Waals surface area (Å²) < 4.78 is 5.54. The second-order valence-electron chi connectivity index (χ2n) is 5.85. The summed E-state index contributed by atoms with van der Waals surface area (Å²) in [5, 5.41) is 25.6. The summed E-state index contributed by atoms with van der Waals surface area (Å²) in [7, 11) is 0. The maximum atomic E-state index is 11.0. The van der Waals surface area contributed by atoms with Crippen molar-refractivity contribution in [2.75, 3.05) is 11.9 Å². The molecule has 3 rings (SSSR count). The molecule has 0 saturated heterocycles. The van der Waals surface area contributed by atoms with Gasteiger partial charge in [-0.25, -0.2) is 0 Å². The predicted octanol–water partition coefficient (Wildman–Crippen LogP) is 2.39. The van der Waals surface area contributed by atoms with Crippen LogP contribution in [0.1, 0.15) is 6.92 Å². The number of aliphatic hydroxyl groups excluding tert-OH is 1. The number of hydrogen-bond donors (Lipinski definition) is 2. The van der Waals surface area contributed by atoms with Crippen LogP contribution in [0.3, 0.4) is 0 Å². The number of amides is 1. The van der Waals surface area contributed by atoms with Crippen LogP contribution in [0.4, 0.5) is 5.69 Å². The molecule has 1 heterocycles. The first-order valence-corrected chi connectivity index (χ1v) is 8.59. The zero-order valence-electron chi connectivity index (χ0n) is 14.5. The molecule has 0 aliphatic rings. The Balaban J connectivity index is 1.51. The van der Waals surface area contributed by atoms with Crippen LogP contribution in [0.2, 0.25) is 5.02 Å². The smallest absolute Gasteiger partial charge is 0.221 e. The van der Waals surface area contributed by atoms with E-state index in [4.69, 9.17) is 16.3 Å². The summed E-state index contributed by atoms with van der Waals surface area (Å²) in [4.78, 5) is 12.3. The molecule has 1 unspecified atom stereocenters. The van der Waals surface area contributed by atoms with E-state index in [2.05, 4.69) is 20.7 Å². The lowest BCUT2D eigenvalue weighted by atomic mass is 10.2. The second kappa shape index (κ2) is 8.61. The van der Waals surface area contributed by atoms with Crippen LogP contribution in [0.15, 0.2) is 48.5 Å². The number of nitrogens with one attached hydrogen (secondary N) is 1.